The fourth-order valence-corrected chi connectivity index (χ4v) is 1.55. The minimum absolute atomic E-state index is 0.999. The van der Waals surface area contributed by atoms with Crippen molar-refractivity contribution in [1.29, 1.82) is 0 Å². The second-order valence-corrected chi connectivity index (χ2v) is 3.21. The highest BCUT2D eigenvalue weighted by Crippen LogP contribution is 2.16. The van der Waals surface area contributed by atoms with Gasteiger partial charge < -0.3 is 10.0 Å². The van der Waals surface area contributed by atoms with Crippen LogP contribution in [-0.4, -0.2) is 35.3 Å². The summed E-state index contributed by atoms with van der Waals surface area (Å²) in [6, 6.07) is 0. The maximum Gasteiger partial charge on any atom is 0.147 e. The van der Waals surface area contributed by atoms with Gasteiger partial charge in [0.25, 0.3) is 0 Å². The van der Waals surface area contributed by atoms with Crippen LogP contribution in [0, 0.1) is 6.92 Å². The monoisotopic (exact) mass is 225 g/mol. The number of aliphatic hydroxyl groups is 1. The molecule has 0 unspecified atom stereocenters. The maximum absolute atomic E-state index is 7.00. The Balaban J connectivity index is 0.000000509. The molecule has 2 rings (SSSR count). The molecule has 4 nitrogen and oxygen atoms in total. The van der Waals surface area contributed by atoms with Gasteiger partial charge in [-0.15, -0.1) is 0 Å². The van der Waals surface area contributed by atoms with Crippen molar-refractivity contribution < 1.29 is 5.11 Å². The normalized spacial score (nSPS) is 13.4. The van der Waals surface area contributed by atoms with Crippen LogP contribution in [0.4, 0.5) is 5.82 Å². The summed E-state index contributed by atoms with van der Waals surface area (Å²) in [5.74, 6) is 1.03. The molecule has 0 spiro atoms. The molecule has 1 saturated heterocycles. The van der Waals surface area contributed by atoms with Crippen LogP contribution in [-0.2, 0) is 0 Å². The van der Waals surface area contributed by atoms with Gasteiger partial charge in [0.15, 0.2) is 0 Å². The number of hydrogen-bond acceptors (Lipinski definition) is 4. The Labute approximate surface area is 98.4 Å². The summed E-state index contributed by atoms with van der Waals surface area (Å²) < 4.78 is 0. The third-order valence-corrected chi connectivity index (χ3v) is 2.17. The first kappa shape index (κ1) is 14.8. The molecule has 0 radical (unpaired) electrons. The Kier molecular flexibility index (Phi) is 8.43. The predicted octanol–water partition coefficient (Wildman–Crippen LogP) is 2.02. The SMILES string of the molecule is CC.CO.Cc1cncc(N2CCCC2)n1. The number of aryl methyl sites for hydroxylation is 1. The lowest BCUT2D eigenvalue weighted by Gasteiger charge is -2.15. The number of aliphatic hydroxyl groups excluding tert-OH is 1. The number of hydrogen-bond donors (Lipinski definition) is 1. The first-order valence-corrected chi connectivity index (χ1v) is 5.84. The zero-order valence-corrected chi connectivity index (χ0v) is 10.8. The summed E-state index contributed by atoms with van der Waals surface area (Å²) >= 11 is 0. The van der Waals surface area contributed by atoms with Crippen molar-refractivity contribution >= 4 is 5.82 Å². The highest BCUT2D eigenvalue weighted by Gasteiger charge is 2.13. The van der Waals surface area contributed by atoms with Crippen LogP contribution in [0.25, 0.3) is 0 Å². The molecule has 4 heteroatoms. The molecule has 0 amide bonds. The Morgan fingerprint density at radius 2 is 1.69 bits per heavy atom. The molecule has 2 heterocycles. The van der Waals surface area contributed by atoms with E-state index in [-0.39, 0.29) is 0 Å². The molecule has 0 saturated carbocycles. The minimum atomic E-state index is 0.999. The van der Waals surface area contributed by atoms with Gasteiger partial charge in [0, 0.05) is 26.4 Å². The predicted molar refractivity (Wildman–Crippen MR) is 67.7 cm³/mol. The van der Waals surface area contributed by atoms with Crippen molar-refractivity contribution in [1.82, 2.24) is 9.97 Å². The van der Waals surface area contributed by atoms with Gasteiger partial charge >= 0.3 is 0 Å². The zero-order valence-electron chi connectivity index (χ0n) is 10.8. The standard InChI is InChI=1S/C9H13N3.C2H6.CH4O/c1-8-6-10-7-9(11-8)12-4-2-3-5-12;2*1-2/h6-7H,2-5H2,1H3;1-2H3;2H,1H3. The lowest BCUT2D eigenvalue weighted by molar-refractivity contribution is 0.399. The van der Waals surface area contributed by atoms with Gasteiger partial charge in [0.2, 0.25) is 0 Å². The van der Waals surface area contributed by atoms with E-state index in [1.807, 2.05) is 27.0 Å². The molecule has 0 aromatic carbocycles. The molecule has 1 aliphatic rings. The summed E-state index contributed by atoms with van der Waals surface area (Å²) in [6.45, 7) is 8.25. The van der Waals surface area contributed by atoms with Crippen molar-refractivity contribution in [3.63, 3.8) is 0 Å². The third kappa shape index (κ3) is 4.57. The number of rotatable bonds is 1. The maximum atomic E-state index is 7.00. The van der Waals surface area contributed by atoms with Gasteiger partial charge in [0.05, 0.1) is 11.9 Å². The fourth-order valence-electron chi connectivity index (χ4n) is 1.55. The van der Waals surface area contributed by atoms with Crippen molar-refractivity contribution in [2.45, 2.75) is 33.6 Å². The molecule has 0 atom stereocenters. The van der Waals surface area contributed by atoms with Gasteiger partial charge in [-0.3, -0.25) is 4.98 Å². The Bertz CT molecular complexity index is 273. The minimum Gasteiger partial charge on any atom is -0.400 e. The van der Waals surface area contributed by atoms with E-state index in [2.05, 4.69) is 14.9 Å². The summed E-state index contributed by atoms with van der Waals surface area (Å²) in [6.07, 6.45) is 6.21. The molecule has 92 valence electrons. The Morgan fingerprint density at radius 3 is 2.19 bits per heavy atom. The highest BCUT2D eigenvalue weighted by atomic mass is 16.2. The Hall–Kier alpha value is -1.16. The van der Waals surface area contributed by atoms with Crippen LogP contribution in [0.2, 0.25) is 0 Å². The van der Waals surface area contributed by atoms with Gasteiger partial charge in [-0.2, -0.15) is 0 Å². The first-order valence-electron chi connectivity index (χ1n) is 5.84. The summed E-state index contributed by atoms with van der Waals surface area (Å²) in [5, 5.41) is 7.00. The van der Waals surface area contributed by atoms with E-state index in [4.69, 9.17) is 5.11 Å². The molecule has 16 heavy (non-hydrogen) atoms. The quantitative estimate of drug-likeness (QED) is 0.794. The van der Waals surface area contributed by atoms with Crippen LogP contribution in [0.15, 0.2) is 12.4 Å². The van der Waals surface area contributed by atoms with E-state index < -0.39 is 0 Å². The first-order chi connectivity index (χ1) is 7.86. The summed E-state index contributed by atoms with van der Waals surface area (Å²) in [5.41, 5.74) is 0.999. The van der Waals surface area contributed by atoms with Crippen molar-refractivity contribution in [3.8, 4) is 0 Å². The van der Waals surface area contributed by atoms with Crippen LogP contribution in [0.5, 0.6) is 0 Å². The van der Waals surface area contributed by atoms with E-state index >= 15 is 0 Å². The van der Waals surface area contributed by atoms with Gasteiger partial charge in [-0.25, -0.2) is 4.98 Å². The van der Waals surface area contributed by atoms with E-state index in [0.29, 0.717) is 0 Å². The van der Waals surface area contributed by atoms with Crippen LogP contribution < -0.4 is 4.90 Å². The molecule has 0 bridgehead atoms. The fraction of sp³-hybridized carbons (Fsp3) is 0.667. The second-order valence-electron chi connectivity index (χ2n) is 3.21. The van der Waals surface area contributed by atoms with E-state index in [0.717, 1.165) is 31.7 Å². The van der Waals surface area contributed by atoms with Crippen LogP contribution in [0.3, 0.4) is 0 Å². The average molecular weight is 225 g/mol. The molecule has 0 aliphatic carbocycles. The molecule has 1 aliphatic heterocycles. The van der Waals surface area contributed by atoms with Crippen molar-refractivity contribution in [3.05, 3.63) is 18.1 Å². The lowest BCUT2D eigenvalue weighted by atomic mass is 10.4. The number of nitrogens with zero attached hydrogens (tertiary/aromatic N) is 3. The van der Waals surface area contributed by atoms with E-state index in [1.165, 1.54) is 12.8 Å². The molecular weight excluding hydrogens is 202 g/mol. The average Bonchev–Trinajstić information content (AvgIpc) is 2.88. The topological polar surface area (TPSA) is 49.3 Å². The third-order valence-electron chi connectivity index (χ3n) is 2.17. The molecule has 1 N–H and O–H groups in total. The molecule has 1 fully saturated rings. The number of anilines is 1. The smallest absolute Gasteiger partial charge is 0.147 e. The highest BCUT2D eigenvalue weighted by molar-refractivity contribution is 5.36. The molecule has 1 aromatic heterocycles. The molecular formula is C12H23N3O. The van der Waals surface area contributed by atoms with Gasteiger partial charge in [-0.05, 0) is 19.8 Å². The zero-order chi connectivity index (χ0) is 12.4. The van der Waals surface area contributed by atoms with Crippen molar-refractivity contribution in [2.75, 3.05) is 25.1 Å². The largest absolute Gasteiger partial charge is 0.400 e. The van der Waals surface area contributed by atoms with Gasteiger partial charge in [-0.1, -0.05) is 13.8 Å². The van der Waals surface area contributed by atoms with Crippen LogP contribution >= 0.6 is 0 Å². The van der Waals surface area contributed by atoms with Crippen molar-refractivity contribution in [2.24, 2.45) is 0 Å². The van der Waals surface area contributed by atoms with E-state index in [1.54, 1.807) is 6.20 Å². The number of aromatic nitrogens is 2. The van der Waals surface area contributed by atoms with Gasteiger partial charge in [0.1, 0.15) is 5.82 Å². The summed E-state index contributed by atoms with van der Waals surface area (Å²) in [4.78, 5) is 10.8. The molecule has 1 aromatic rings. The van der Waals surface area contributed by atoms with Crippen LogP contribution in [0.1, 0.15) is 32.4 Å². The second kappa shape index (κ2) is 9.09. The Morgan fingerprint density at radius 1 is 1.12 bits per heavy atom. The van der Waals surface area contributed by atoms with E-state index in [9.17, 15) is 0 Å². The lowest BCUT2D eigenvalue weighted by Crippen LogP contribution is -2.19. The summed E-state index contributed by atoms with van der Waals surface area (Å²) in [7, 11) is 1.00.